The number of methoxy groups -OCH3 is 1. The third-order valence-electron chi connectivity index (χ3n) is 3.92. The number of nitrogens with one attached hydrogen (secondary N) is 1. The van der Waals surface area contributed by atoms with Gasteiger partial charge in [0.1, 0.15) is 5.75 Å². The summed E-state index contributed by atoms with van der Waals surface area (Å²) in [5.41, 5.74) is 2.35. The van der Waals surface area contributed by atoms with Gasteiger partial charge in [0.2, 0.25) is 0 Å². The quantitative estimate of drug-likeness (QED) is 0.263. The van der Waals surface area contributed by atoms with Crippen molar-refractivity contribution in [1.82, 2.24) is 15.2 Å². The van der Waals surface area contributed by atoms with Crippen LogP contribution in [0, 0.1) is 6.92 Å². The van der Waals surface area contributed by atoms with Crippen molar-refractivity contribution in [2.24, 2.45) is 4.99 Å². The SMILES string of the molecule is CN=C(NCCCCc1nc(C)cs1)N(C)Cc1ccc(OC)cc1.I. The Labute approximate surface area is 177 Å². The van der Waals surface area contributed by atoms with Gasteiger partial charge in [-0.1, -0.05) is 12.1 Å². The number of aromatic nitrogens is 1. The fourth-order valence-electron chi connectivity index (χ4n) is 2.58. The van der Waals surface area contributed by atoms with Crippen LogP contribution in [0.15, 0.2) is 34.6 Å². The van der Waals surface area contributed by atoms with E-state index in [0.29, 0.717) is 0 Å². The first-order chi connectivity index (χ1) is 12.1. The number of rotatable bonds is 8. The van der Waals surface area contributed by atoms with E-state index < -0.39 is 0 Å². The molecule has 2 aromatic rings. The highest BCUT2D eigenvalue weighted by Crippen LogP contribution is 2.13. The first-order valence-corrected chi connectivity index (χ1v) is 9.46. The molecule has 0 radical (unpaired) electrons. The second kappa shape index (κ2) is 12.1. The summed E-state index contributed by atoms with van der Waals surface area (Å²) in [6.07, 6.45) is 3.30. The smallest absolute Gasteiger partial charge is 0.193 e. The summed E-state index contributed by atoms with van der Waals surface area (Å²) >= 11 is 1.75. The van der Waals surface area contributed by atoms with Gasteiger partial charge in [-0.25, -0.2) is 4.98 Å². The van der Waals surface area contributed by atoms with E-state index in [4.69, 9.17) is 4.74 Å². The van der Waals surface area contributed by atoms with Crippen LogP contribution in [0.5, 0.6) is 5.75 Å². The molecule has 1 heterocycles. The van der Waals surface area contributed by atoms with E-state index in [-0.39, 0.29) is 24.0 Å². The summed E-state index contributed by atoms with van der Waals surface area (Å²) in [7, 11) is 5.56. The van der Waals surface area contributed by atoms with Gasteiger partial charge in [0, 0.05) is 38.3 Å². The second-order valence-corrected chi connectivity index (χ2v) is 6.96. The maximum absolute atomic E-state index is 5.20. The van der Waals surface area contributed by atoms with Gasteiger partial charge >= 0.3 is 0 Å². The molecule has 7 heteroatoms. The zero-order valence-electron chi connectivity index (χ0n) is 16.0. The van der Waals surface area contributed by atoms with Crippen molar-refractivity contribution in [3.63, 3.8) is 0 Å². The van der Waals surface area contributed by atoms with Crippen LogP contribution < -0.4 is 10.1 Å². The Morgan fingerprint density at radius 3 is 2.58 bits per heavy atom. The molecule has 26 heavy (non-hydrogen) atoms. The summed E-state index contributed by atoms with van der Waals surface area (Å²) in [4.78, 5) is 11.0. The van der Waals surface area contributed by atoms with E-state index in [2.05, 4.69) is 44.8 Å². The molecular formula is C19H29IN4OS. The molecule has 0 aliphatic heterocycles. The Kier molecular flexibility index (Phi) is 10.6. The monoisotopic (exact) mass is 488 g/mol. The molecule has 0 amide bonds. The summed E-state index contributed by atoms with van der Waals surface area (Å²) in [5.74, 6) is 1.80. The molecule has 0 fully saturated rings. The molecule has 1 aromatic heterocycles. The number of aryl methyl sites for hydroxylation is 2. The van der Waals surface area contributed by atoms with Crippen LogP contribution in [-0.2, 0) is 13.0 Å². The summed E-state index contributed by atoms with van der Waals surface area (Å²) < 4.78 is 5.20. The molecule has 1 N–H and O–H groups in total. The van der Waals surface area contributed by atoms with E-state index >= 15 is 0 Å². The normalized spacial score (nSPS) is 11.0. The first kappa shape index (κ1) is 22.7. The Hall–Kier alpha value is -1.35. The predicted molar refractivity (Wildman–Crippen MR) is 121 cm³/mol. The maximum atomic E-state index is 5.20. The molecule has 0 saturated heterocycles. The van der Waals surface area contributed by atoms with Gasteiger partial charge < -0.3 is 15.0 Å². The molecular weight excluding hydrogens is 459 g/mol. The number of hydrogen-bond acceptors (Lipinski definition) is 4. The fraction of sp³-hybridized carbons (Fsp3) is 0.474. The Bertz CT molecular complexity index is 672. The van der Waals surface area contributed by atoms with E-state index in [0.717, 1.165) is 49.8 Å². The summed E-state index contributed by atoms with van der Waals surface area (Å²) in [6, 6.07) is 8.14. The number of aliphatic imine (C=N–C) groups is 1. The first-order valence-electron chi connectivity index (χ1n) is 8.58. The molecule has 0 bridgehead atoms. The number of guanidine groups is 1. The van der Waals surface area contributed by atoms with Gasteiger partial charge in [-0.15, -0.1) is 35.3 Å². The topological polar surface area (TPSA) is 49.8 Å². The third-order valence-corrected chi connectivity index (χ3v) is 4.95. The van der Waals surface area contributed by atoms with E-state index in [9.17, 15) is 0 Å². The molecule has 5 nitrogen and oxygen atoms in total. The van der Waals surface area contributed by atoms with Crippen molar-refractivity contribution in [1.29, 1.82) is 0 Å². The van der Waals surface area contributed by atoms with Gasteiger partial charge in [-0.05, 0) is 43.9 Å². The number of nitrogens with zero attached hydrogens (tertiary/aromatic N) is 3. The number of benzene rings is 1. The van der Waals surface area contributed by atoms with Gasteiger partial charge in [0.25, 0.3) is 0 Å². The summed E-state index contributed by atoms with van der Waals surface area (Å²) in [5, 5.41) is 6.79. The predicted octanol–water partition coefficient (Wildman–Crippen LogP) is 4.11. The van der Waals surface area contributed by atoms with Crippen molar-refractivity contribution in [2.75, 3.05) is 27.7 Å². The summed E-state index contributed by atoms with van der Waals surface area (Å²) in [6.45, 7) is 3.77. The van der Waals surface area contributed by atoms with Crippen LogP contribution in [-0.4, -0.2) is 43.6 Å². The number of thiazole rings is 1. The van der Waals surface area contributed by atoms with Crippen LogP contribution in [0.1, 0.15) is 29.1 Å². The van der Waals surface area contributed by atoms with Crippen LogP contribution in [0.2, 0.25) is 0 Å². The van der Waals surface area contributed by atoms with Gasteiger partial charge in [0.05, 0.1) is 12.1 Å². The lowest BCUT2D eigenvalue weighted by Gasteiger charge is -2.22. The van der Waals surface area contributed by atoms with Crippen LogP contribution in [0.3, 0.4) is 0 Å². The van der Waals surface area contributed by atoms with Gasteiger partial charge in [0.15, 0.2) is 5.96 Å². The number of unbranched alkanes of at least 4 members (excludes halogenated alkanes) is 1. The largest absolute Gasteiger partial charge is 0.497 e. The lowest BCUT2D eigenvalue weighted by Crippen LogP contribution is -2.38. The van der Waals surface area contributed by atoms with Gasteiger partial charge in [-0.2, -0.15) is 0 Å². The molecule has 1 aromatic carbocycles. The standard InChI is InChI=1S/C19H28N4OS.HI/c1-15-14-25-18(22-15)7-5-6-12-21-19(20-2)23(3)13-16-8-10-17(24-4)11-9-16;/h8-11,14H,5-7,12-13H2,1-4H3,(H,20,21);1H. The molecule has 2 rings (SSSR count). The number of ether oxygens (including phenoxy) is 1. The van der Waals surface area contributed by atoms with Crippen molar-refractivity contribution >= 4 is 41.3 Å². The lowest BCUT2D eigenvalue weighted by molar-refractivity contribution is 0.414. The zero-order valence-corrected chi connectivity index (χ0v) is 19.1. The molecule has 0 aliphatic carbocycles. The Morgan fingerprint density at radius 2 is 2.00 bits per heavy atom. The second-order valence-electron chi connectivity index (χ2n) is 6.02. The molecule has 0 unspecified atom stereocenters. The minimum absolute atomic E-state index is 0. The van der Waals surface area contributed by atoms with Crippen molar-refractivity contribution in [3.8, 4) is 5.75 Å². The van der Waals surface area contributed by atoms with Crippen molar-refractivity contribution in [3.05, 3.63) is 45.9 Å². The molecule has 0 atom stereocenters. The maximum Gasteiger partial charge on any atom is 0.193 e. The minimum atomic E-state index is 0. The Morgan fingerprint density at radius 1 is 1.27 bits per heavy atom. The number of hydrogen-bond donors (Lipinski definition) is 1. The average Bonchev–Trinajstić information content (AvgIpc) is 3.04. The van der Waals surface area contributed by atoms with Crippen LogP contribution >= 0.6 is 35.3 Å². The zero-order chi connectivity index (χ0) is 18.1. The fourth-order valence-corrected chi connectivity index (χ4v) is 3.40. The van der Waals surface area contributed by atoms with Crippen molar-refractivity contribution < 1.29 is 4.74 Å². The minimum Gasteiger partial charge on any atom is -0.497 e. The number of halogens is 1. The highest BCUT2D eigenvalue weighted by atomic mass is 127. The Balaban J connectivity index is 0.00000338. The average molecular weight is 488 g/mol. The van der Waals surface area contributed by atoms with Crippen LogP contribution in [0.25, 0.3) is 0 Å². The molecule has 0 aliphatic rings. The molecule has 0 saturated carbocycles. The van der Waals surface area contributed by atoms with E-state index in [1.807, 2.05) is 26.1 Å². The third kappa shape index (κ3) is 7.49. The van der Waals surface area contributed by atoms with Gasteiger partial charge in [-0.3, -0.25) is 4.99 Å². The van der Waals surface area contributed by atoms with E-state index in [1.165, 1.54) is 10.6 Å². The molecule has 144 valence electrons. The molecule has 0 spiro atoms. The van der Waals surface area contributed by atoms with Crippen LogP contribution in [0.4, 0.5) is 0 Å². The van der Waals surface area contributed by atoms with E-state index in [1.54, 1.807) is 18.4 Å². The highest BCUT2D eigenvalue weighted by Gasteiger charge is 2.06. The van der Waals surface area contributed by atoms with Crippen molar-refractivity contribution in [2.45, 2.75) is 32.7 Å². The highest BCUT2D eigenvalue weighted by molar-refractivity contribution is 14.0. The lowest BCUT2D eigenvalue weighted by atomic mass is 10.2.